The number of aromatic carboxylic acids is 1. The number of unbranched alkanes of at least 4 members (excludes halogenated alkanes) is 3. The van der Waals surface area contributed by atoms with Crippen LogP contribution in [0, 0.1) is 0 Å². The monoisotopic (exact) mass is 254 g/mol. The number of carboxylic acids is 1. The molecule has 1 atom stereocenters. The maximum Gasteiger partial charge on any atom is 0.338 e. The molecule has 1 unspecified atom stereocenters. The van der Waals surface area contributed by atoms with E-state index in [2.05, 4.69) is 6.92 Å². The SMILES string of the molecule is CCCCCCC(C)OCc1cc(C(=O)O)co1. The van der Waals surface area contributed by atoms with Crippen molar-refractivity contribution < 1.29 is 19.1 Å². The van der Waals surface area contributed by atoms with E-state index in [0.717, 1.165) is 6.42 Å². The maximum absolute atomic E-state index is 10.7. The lowest BCUT2D eigenvalue weighted by Gasteiger charge is -2.11. The fourth-order valence-corrected chi connectivity index (χ4v) is 1.73. The average molecular weight is 254 g/mol. The molecule has 102 valence electrons. The molecule has 1 heterocycles. The topological polar surface area (TPSA) is 59.7 Å². The molecular formula is C14H22O4. The van der Waals surface area contributed by atoms with Crippen molar-refractivity contribution in [3.63, 3.8) is 0 Å². The molecule has 4 nitrogen and oxygen atoms in total. The van der Waals surface area contributed by atoms with E-state index in [0.29, 0.717) is 12.4 Å². The van der Waals surface area contributed by atoms with Crippen LogP contribution in [0.2, 0.25) is 0 Å². The van der Waals surface area contributed by atoms with E-state index in [1.54, 1.807) is 0 Å². The first-order chi connectivity index (χ1) is 8.63. The van der Waals surface area contributed by atoms with Gasteiger partial charge in [0.2, 0.25) is 0 Å². The summed E-state index contributed by atoms with van der Waals surface area (Å²) < 4.78 is 10.7. The predicted octanol–water partition coefficient (Wildman–Crippen LogP) is 3.85. The second kappa shape index (κ2) is 7.93. The minimum Gasteiger partial charge on any atom is -0.478 e. The van der Waals surface area contributed by atoms with Crippen LogP contribution >= 0.6 is 0 Å². The molecule has 18 heavy (non-hydrogen) atoms. The Kier molecular flexibility index (Phi) is 6.50. The van der Waals surface area contributed by atoms with E-state index < -0.39 is 5.97 Å². The molecule has 0 saturated carbocycles. The highest BCUT2D eigenvalue weighted by Crippen LogP contribution is 2.13. The van der Waals surface area contributed by atoms with Gasteiger partial charge in [0.05, 0.1) is 11.7 Å². The minimum absolute atomic E-state index is 0.171. The number of carboxylic acid groups (broad SMARTS) is 1. The minimum atomic E-state index is -0.974. The first kappa shape index (κ1) is 14.8. The molecule has 1 rings (SSSR count). The van der Waals surface area contributed by atoms with Crippen molar-refractivity contribution in [2.75, 3.05) is 0 Å². The van der Waals surface area contributed by atoms with Gasteiger partial charge < -0.3 is 14.3 Å². The molecule has 4 heteroatoms. The van der Waals surface area contributed by atoms with E-state index in [1.807, 2.05) is 6.92 Å². The summed E-state index contributed by atoms with van der Waals surface area (Å²) in [6.45, 7) is 4.56. The lowest BCUT2D eigenvalue weighted by Crippen LogP contribution is -2.07. The fourth-order valence-electron chi connectivity index (χ4n) is 1.73. The van der Waals surface area contributed by atoms with E-state index in [1.165, 1.54) is 38.0 Å². The van der Waals surface area contributed by atoms with E-state index in [9.17, 15) is 4.79 Å². The summed E-state index contributed by atoms with van der Waals surface area (Å²) >= 11 is 0. The highest BCUT2D eigenvalue weighted by molar-refractivity contribution is 5.87. The number of ether oxygens (including phenoxy) is 1. The van der Waals surface area contributed by atoms with Crippen molar-refractivity contribution in [3.8, 4) is 0 Å². The van der Waals surface area contributed by atoms with Crippen LogP contribution in [0.5, 0.6) is 0 Å². The Morgan fingerprint density at radius 1 is 1.44 bits per heavy atom. The van der Waals surface area contributed by atoms with Gasteiger partial charge in [-0.05, 0) is 19.4 Å². The summed E-state index contributed by atoms with van der Waals surface area (Å²) in [6, 6.07) is 1.51. The summed E-state index contributed by atoms with van der Waals surface area (Å²) in [5.74, 6) is -0.412. The Hall–Kier alpha value is -1.29. The smallest absolute Gasteiger partial charge is 0.338 e. The summed E-state index contributed by atoms with van der Waals surface area (Å²) in [7, 11) is 0. The number of furan rings is 1. The normalized spacial score (nSPS) is 12.6. The molecule has 1 aromatic heterocycles. The van der Waals surface area contributed by atoms with Gasteiger partial charge in [-0.2, -0.15) is 0 Å². The fraction of sp³-hybridized carbons (Fsp3) is 0.643. The van der Waals surface area contributed by atoms with Crippen LogP contribution in [0.1, 0.15) is 62.1 Å². The lowest BCUT2D eigenvalue weighted by atomic mass is 10.1. The Morgan fingerprint density at radius 2 is 2.22 bits per heavy atom. The van der Waals surface area contributed by atoms with Crippen LogP contribution < -0.4 is 0 Å². The molecule has 0 spiro atoms. The summed E-state index contributed by atoms with van der Waals surface area (Å²) in [6.07, 6.45) is 7.38. The van der Waals surface area contributed by atoms with Gasteiger partial charge in [-0.25, -0.2) is 4.79 Å². The molecule has 0 aromatic carbocycles. The van der Waals surface area contributed by atoms with Crippen molar-refractivity contribution in [1.82, 2.24) is 0 Å². The highest BCUT2D eigenvalue weighted by Gasteiger charge is 2.09. The Balaban J connectivity index is 2.20. The van der Waals surface area contributed by atoms with Gasteiger partial charge in [0.15, 0.2) is 0 Å². The number of hydrogen-bond acceptors (Lipinski definition) is 3. The third-order valence-corrected chi connectivity index (χ3v) is 2.88. The molecule has 0 aliphatic rings. The zero-order valence-electron chi connectivity index (χ0n) is 11.1. The molecule has 0 saturated heterocycles. The van der Waals surface area contributed by atoms with Crippen LogP contribution in [0.25, 0.3) is 0 Å². The second-order valence-electron chi connectivity index (χ2n) is 4.58. The first-order valence-electron chi connectivity index (χ1n) is 6.55. The van der Waals surface area contributed by atoms with E-state index >= 15 is 0 Å². The van der Waals surface area contributed by atoms with Crippen molar-refractivity contribution in [2.45, 2.75) is 58.7 Å². The quantitative estimate of drug-likeness (QED) is 0.680. The van der Waals surface area contributed by atoms with Crippen molar-refractivity contribution in [1.29, 1.82) is 0 Å². The largest absolute Gasteiger partial charge is 0.478 e. The van der Waals surface area contributed by atoms with Crippen molar-refractivity contribution >= 4 is 5.97 Å². The van der Waals surface area contributed by atoms with Gasteiger partial charge in [-0.1, -0.05) is 32.6 Å². The molecule has 0 amide bonds. The summed E-state index contributed by atoms with van der Waals surface area (Å²) in [5.41, 5.74) is 0.171. The van der Waals surface area contributed by atoms with E-state index in [-0.39, 0.29) is 11.7 Å². The Labute approximate surface area is 108 Å². The standard InChI is InChI=1S/C14H22O4/c1-3-4-5-6-7-11(2)17-10-13-8-12(9-18-13)14(15)16/h8-9,11H,3-7,10H2,1-2H3,(H,15,16). The number of rotatable bonds is 9. The second-order valence-corrected chi connectivity index (χ2v) is 4.58. The average Bonchev–Trinajstić information content (AvgIpc) is 2.81. The van der Waals surface area contributed by atoms with Crippen molar-refractivity contribution in [3.05, 3.63) is 23.7 Å². The summed E-state index contributed by atoms with van der Waals surface area (Å²) in [5, 5.41) is 8.74. The molecule has 1 N–H and O–H groups in total. The Bertz CT molecular complexity index is 356. The number of hydrogen-bond donors (Lipinski definition) is 1. The lowest BCUT2D eigenvalue weighted by molar-refractivity contribution is 0.0360. The predicted molar refractivity (Wildman–Crippen MR) is 68.7 cm³/mol. The zero-order valence-corrected chi connectivity index (χ0v) is 11.1. The Morgan fingerprint density at radius 3 is 2.83 bits per heavy atom. The van der Waals surface area contributed by atoms with Gasteiger partial charge >= 0.3 is 5.97 Å². The molecule has 0 bridgehead atoms. The van der Waals surface area contributed by atoms with Gasteiger partial charge in [-0.3, -0.25) is 0 Å². The highest BCUT2D eigenvalue weighted by atomic mass is 16.5. The van der Waals surface area contributed by atoms with Gasteiger partial charge in [0.1, 0.15) is 18.6 Å². The van der Waals surface area contributed by atoms with Crippen LogP contribution in [-0.4, -0.2) is 17.2 Å². The van der Waals surface area contributed by atoms with Gasteiger partial charge in [0.25, 0.3) is 0 Å². The molecule has 0 radical (unpaired) electrons. The van der Waals surface area contributed by atoms with Crippen LogP contribution in [0.15, 0.2) is 16.7 Å². The number of carbonyl (C=O) groups is 1. The van der Waals surface area contributed by atoms with E-state index in [4.69, 9.17) is 14.3 Å². The van der Waals surface area contributed by atoms with Crippen LogP contribution in [0.4, 0.5) is 0 Å². The van der Waals surface area contributed by atoms with Gasteiger partial charge in [-0.15, -0.1) is 0 Å². The molecule has 0 aliphatic heterocycles. The van der Waals surface area contributed by atoms with Crippen molar-refractivity contribution in [2.24, 2.45) is 0 Å². The summed E-state index contributed by atoms with van der Waals surface area (Å²) in [4.78, 5) is 10.7. The van der Waals surface area contributed by atoms with Gasteiger partial charge in [0, 0.05) is 0 Å². The molecule has 1 aromatic rings. The maximum atomic E-state index is 10.7. The molecular weight excluding hydrogens is 232 g/mol. The molecule has 0 fully saturated rings. The molecule has 0 aliphatic carbocycles. The third-order valence-electron chi connectivity index (χ3n) is 2.88. The van der Waals surface area contributed by atoms with Crippen LogP contribution in [-0.2, 0) is 11.3 Å². The first-order valence-corrected chi connectivity index (χ1v) is 6.55. The van der Waals surface area contributed by atoms with Crippen LogP contribution in [0.3, 0.4) is 0 Å². The third kappa shape index (κ3) is 5.36. The zero-order chi connectivity index (χ0) is 13.4.